The number of pyridine rings is 1. The van der Waals surface area contributed by atoms with Gasteiger partial charge in [0.1, 0.15) is 10.0 Å². The second kappa shape index (κ2) is 4.12. The number of nitrogens with one attached hydrogen (secondary N) is 1. The minimum absolute atomic E-state index is 0.150. The molecule has 0 saturated heterocycles. The number of aromatic amines is 1. The van der Waals surface area contributed by atoms with Crippen molar-refractivity contribution in [3.05, 3.63) is 33.7 Å². The number of hydrogen-bond donors (Lipinski definition) is 1. The molecule has 4 nitrogen and oxygen atoms in total. The van der Waals surface area contributed by atoms with Crippen LogP contribution in [-0.2, 0) is 0 Å². The highest BCUT2D eigenvalue weighted by molar-refractivity contribution is 7.15. The van der Waals surface area contributed by atoms with Crippen molar-refractivity contribution in [2.45, 2.75) is 12.3 Å². The third kappa shape index (κ3) is 2.24. The van der Waals surface area contributed by atoms with Crippen molar-refractivity contribution in [2.24, 2.45) is 0 Å². The summed E-state index contributed by atoms with van der Waals surface area (Å²) in [5.74, 6) is 0. The van der Waals surface area contributed by atoms with Crippen molar-refractivity contribution in [2.75, 3.05) is 0 Å². The maximum atomic E-state index is 11.1. The molecule has 0 bridgehead atoms. The number of H-pyrrole nitrogens is 1. The Morgan fingerprint density at radius 2 is 2.33 bits per heavy atom. The molecule has 0 aliphatic carbocycles. The van der Waals surface area contributed by atoms with E-state index in [1.165, 1.54) is 17.4 Å². The number of halogens is 1. The fraction of sp³-hybridized carbons (Fsp3) is 0.222. The van der Waals surface area contributed by atoms with Gasteiger partial charge in [-0.15, -0.1) is 21.8 Å². The molecule has 1 N–H and O–H groups in total. The van der Waals surface area contributed by atoms with Gasteiger partial charge in [0.2, 0.25) is 5.56 Å². The first-order chi connectivity index (χ1) is 7.16. The first kappa shape index (κ1) is 10.3. The molecule has 2 aromatic rings. The van der Waals surface area contributed by atoms with Crippen molar-refractivity contribution in [3.8, 4) is 10.6 Å². The Balaban J connectivity index is 2.41. The van der Waals surface area contributed by atoms with Crippen molar-refractivity contribution in [3.63, 3.8) is 0 Å². The number of rotatable bonds is 2. The SMILES string of the molecule is CC(Cl)c1nnc(-c2cc[nH]c(=O)c2)s1. The second-order valence-electron chi connectivity index (χ2n) is 3.00. The lowest BCUT2D eigenvalue weighted by molar-refractivity contribution is 0.962. The Hall–Kier alpha value is -1.20. The Morgan fingerprint density at radius 1 is 1.53 bits per heavy atom. The van der Waals surface area contributed by atoms with E-state index >= 15 is 0 Å². The van der Waals surface area contributed by atoms with E-state index in [0.717, 1.165) is 10.6 Å². The lowest BCUT2D eigenvalue weighted by Crippen LogP contribution is -2.01. The molecular weight excluding hydrogens is 234 g/mol. The number of aromatic nitrogens is 3. The van der Waals surface area contributed by atoms with Crippen LogP contribution in [0.15, 0.2) is 23.1 Å². The third-order valence-electron chi connectivity index (χ3n) is 1.80. The minimum atomic E-state index is -0.154. The summed E-state index contributed by atoms with van der Waals surface area (Å²) in [6.07, 6.45) is 1.59. The summed E-state index contributed by atoms with van der Waals surface area (Å²) in [5, 5.41) is 9.24. The Morgan fingerprint density at radius 3 is 2.93 bits per heavy atom. The number of alkyl halides is 1. The predicted molar refractivity (Wildman–Crippen MR) is 60.2 cm³/mol. The fourth-order valence-corrected chi connectivity index (χ4v) is 2.04. The van der Waals surface area contributed by atoms with Crippen LogP contribution < -0.4 is 5.56 Å². The van der Waals surface area contributed by atoms with Crippen molar-refractivity contribution in [1.82, 2.24) is 15.2 Å². The first-order valence-electron chi connectivity index (χ1n) is 4.33. The van der Waals surface area contributed by atoms with Crippen LogP contribution >= 0.6 is 22.9 Å². The average Bonchev–Trinajstić information content (AvgIpc) is 2.66. The van der Waals surface area contributed by atoms with Gasteiger partial charge in [0, 0.05) is 17.8 Å². The Kier molecular flexibility index (Phi) is 2.83. The van der Waals surface area contributed by atoms with E-state index in [1.54, 1.807) is 12.3 Å². The zero-order valence-electron chi connectivity index (χ0n) is 7.90. The highest BCUT2D eigenvalue weighted by atomic mass is 35.5. The molecule has 0 fully saturated rings. The van der Waals surface area contributed by atoms with Crippen LogP contribution in [0.4, 0.5) is 0 Å². The van der Waals surface area contributed by atoms with E-state index < -0.39 is 0 Å². The van der Waals surface area contributed by atoms with Crippen LogP contribution in [0.1, 0.15) is 17.3 Å². The highest BCUT2D eigenvalue weighted by Crippen LogP contribution is 2.28. The molecule has 0 aromatic carbocycles. The van der Waals surface area contributed by atoms with Crippen LogP contribution in [0, 0.1) is 0 Å². The summed E-state index contributed by atoms with van der Waals surface area (Å²) in [6.45, 7) is 1.84. The summed E-state index contributed by atoms with van der Waals surface area (Å²) >= 11 is 7.27. The molecule has 0 aliphatic rings. The van der Waals surface area contributed by atoms with E-state index in [2.05, 4.69) is 15.2 Å². The van der Waals surface area contributed by atoms with Crippen molar-refractivity contribution >= 4 is 22.9 Å². The van der Waals surface area contributed by atoms with Crippen LogP contribution in [-0.4, -0.2) is 15.2 Å². The maximum Gasteiger partial charge on any atom is 0.248 e. The number of hydrogen-bond acceptors (Lipinski definition) is 4. The van der Waals surface area contributed by atoms with Crippen LogP contribution in [0.5, 0.6) is 0 Å². The van der Waals surface area contributed by atoms with Crippen molar-refractivity contribution in [1.29, 1.82) is 0 Å². The zero-order valence-corrected chi connectivity index (χ0v) is 9.47. The molecule has 2 rings (SSSR count). The van der Waals surface area contributed by atoms with Gasteiger partial charge >= 0.3 is 0 Å². The lowest BCUT2D eigenvalue weighted by Gasteiger charge is -1.93. The van der Waals surface area contributed by atoms with Gasteiger partial charge in [-0.3, -0.25) is 4.79 Å². The summed E-state index contributed by atoms with van der Waals surface area (Å²) < 4.78 is 0. The summed E-state index contributed by atoms with van der Waals surface area (Å²) in [7, 11) is 0. The Labute approximate surface area is 95.0 Å². The van der Waals surface area contributed by atoms with Crippen LogP contribution in [0.2, 0.25) is 0 Å². The molecule has 0 amide bonds. The molecule has 2 aromatic heterocycles. The van der Waals surface area contributed by atoms with Gasteiger partial charge in [-0.2, -0.15) is 0 Å². The normalized spacial score (nSPS) is 12.7. The predicted octanol–water partition coefficient (Wildman–Crippen LogP) is 2.19. The van der Waals surface area contributed by atoms with Gasteiger partial charge < -0.3 is 4.98 Å². The average molecular weight is 242 g/mol. The van der Waals surface area contributed by atoms with Crippen LogP contribution in [0.25, 0.3) is 10.6 Å². The summed E-state index contributed by atoms with van der Waals surface area (Å²) in [4.78, 5) is 13.6. The largest absolute Gasteiger partial charge is 0.329 e. The smallest absolute Gasteiger partial charge is 0.248 e. The zero-order chi connectivity index (χ0) is 10.8. The van der Waals surface area contributed by atoms with Gasteiger partial charge in [-0.1, -0.05) is 11.3 Å². The highest BCUT2D eigenvalue weighted by Gasteiger charge is 2.10. The summed E-state index contributed by atoms with van der Waals surface area (Å²) in [6, 6.07) is 3.27. The van der Waals surface area contributed by atoms with Gasteiger partial charge in [-0.05, 0) is 13.0 Å². The van der Waals surface area contributed by atoms with Gasteiger partial charge in [0.15, 0.2) is 0 Å². The molecule has 0 radical (unpaired) electrons. The number of nitrogens with zero attached hydrogens (tertiary/aromatic N) is 2. The second-order valence-corrected chi connectivity index (χ2v) is 4.67. The van der Waals surface area contributed by atoms with Crippen molar-refractivity contribution < 1.29 is 0 Å². The van der Waals surface area contributed by atoms with Gasteiger partial charge in [0.25, 0.3) is 0 Å². The molecule has 6 heteroatoms. The van der Waals surface area contributed by atoms with E-state index in [9.17, 15) is 4.79 Å². The van der Waals surface area contributed by atoms with Gasteiger partial charge in [-0.25, -0.2) is 0 Å². The van der Waals surface area contributed by atoms with Crippen LogP contribution in [0.3, 0.4) is 0 Å². The monoisotopic (exact) mass is 241 g/mol. The molecule has 0 spiro atoms. The molecule has 0 aliphatic heterocycles. The van der Waals surface area contributed by atoms with E-state index in [0.29, 0.717) is 5.01 Å². The third-order valence-corrected chi connectivity index (χ3v) is 3.29. The maximum absolute atomic E-state index is 11.1. The fourth-order valence-electron chi connectivity index (χ4n) is 1.09. The first-order valence-corrected chi connectivity index (χ1v) is 5.58. The molecular formula is C9H8ClN3OS. The van der Waals surface area contributed by atoms with E-state index in [4.69, 9.17) is 11.6 Å². The lowest BCUT2D eigenvalue weighted by atomic mass is 10.3. The summed E-state index contributed by atoms with van der Waals surface area (Å²) in [5.41, 5.74) is 0.614. The minimum Gasteiger partial charge on any atom is -0.329 e. The molecule has 78 valence electrons. The quantitative estimate of drug-likeness (QED) is 0.820. The molecule has 15 heavy (non-hydrogen) atoms. The molecule has 2 heterocycles. The van der Waals surface area contributed by atoms with E-state index in [-0.39, 0.29) is 10.9 Å². The topological polar surface area (TPSA) is 58.6 Å². The van der Waals surface area contributed by atoms with Gasteiger partial charge in [0.05, 0.1) is 5.38 Å². The molecule has 1 unspecified atom stereocenters. The standard InChI is InChI=1S/C9H8ClN3OS/c1-5(10)8-12-13-9(15-8)6-2-3-11-7(14)4-6/h2-5H,1H3,(H,11,14). The van der Waals surface area contributed by atoms with E-state index in [1.807, 2.05) is 6.92 Å². The molecule has 1 atom stereocenters. The Bertz CT molecular complexity index is 520. The molecule has 0 saturated carbocycles.